The van der Waals surface area contributed by atoms with E-state index in [4.69, 9.17) is 6.42 Å². The Labute approximate surface area is 87.2 Å². The molecule has 0 fully saturated rings. The molecule has 0 spiro atoms. The zero-order chi connectivity index (χ0) is 11.2. The van der Waals surface area contributed by atoms with Gasteiger partial charge in [-0.2, -0.15) is 0 Å². The first kappa shape index (κ1) is 13.5. The molecule has 0 aromatic rings. The Morgan fingerprint density at radius 3 is 2.43 bits per heavy atom. The van der Waals surface area contributed by atoms with Crippen molar-refractivity contribution in [3.63, 3.8) is 0 Å². The molecule has 0 amide bonds. The molecular formula is C10H19NO2S. The van der Waals surface area contributed by atoms with Crippen LogP contribution < -0.4 is 5.32 Å². The largest absolute Gasteiger partial charge is 0.313 e. The molecule has 0 saturated carbocycles. The SMILES string of the molecule is C#CCCC(NCC)C(C)S(C)(=O)=O. The maximum absolute atomic E-state index is 11.3. The van der Waals surface area contributed by atoms with Gasteiger partial charge < -0.3 is 5.32 Å². The normalized spacial score (nSPS) is 15.9. The number of terminal acetylenes is 1. The van der Waals surface area contributed by atoms with Gasteiger partial charge in [0, 0.05) is 18.7 Å². The molecule has 0 aromatic carbocycles. The summed E-state index contributed by atoms with van der Waals surface area (Å²) in [4.78, 5) is 0. The second-order valence-corrected chi connectivity index (χ2v) is 5.84. The first-order valence-electron chi connectivity index (χ1n) is 4.79. The highest BCUT2D eigenvalue weighted by molar-refractivity contribution is 7.91. The van der Waals surface area contributed by atoms with Crippen LogP contribution in [0.4, 0.5) is 0 Å². The molecule has 82 valence electrons. The monoisotopic (exact) mass is 217 g/mol. The highest BCUT2D eigenvalue weighted by Crippen LogP contribution is 2.09. The highest BCUT2D eigenvalue weighted by Gasteiger charge is 2.24. The van der Waals surface area contributed by atoms with Crippen LogP contribution in [0.3, 0.4) is 0 Å². The Kier molecular flexibility index (Phi) is 5.82. The van der Waals surface area contributed by atoms with Crippen LogP contribution in [-0.2, 0) is 9.84 Å². The third kappa shape index (κ3) is 4.64. The van der Waals surface area contributed by atoms with E-state index in [1.165, 1.54) is 6.26 Å². The fourth-order valence-corrected chi connectivity index (χ4v) is 2.13. The van der Waals surface area contributed by atoms with Crippen molar-refractivity contribution in [2.75, 3.05) is 12.8 Å². The van der Waals surface area contributed by atoms with Crippen LogP contribution in [-0.4, -0.2) is 32.5 Å². The second-order valence-electron chi connectivity index (χ2n) is 3.44. The lowest BCUT2D eigenvalue weighted by Crippen LogP contribution is -2.42. The first-order chi connectivity index (χ1) is 6.43. The Bertz CT molecular complexity index is 290. The minimum atomic E-state index is -2.99. The highest BCUT2D eigenvalue weighted by atomic mass is 32.2. The molecule has 0 aromatic heterocycles. The van der Waals surface area contributed by atoms with Gasteiger partial charge in [-0.25, -0.2) is 8.42 Å². The third-order valence-corrected chi connectivity index (χ3v) is 3.99. The van der Waals surface area contributed by atoms with Crippen LogP contribution in [0.25, 0.3) is 0 Å². The van der Waals surface area contributed by atoms with Crippen LogP contribution in [0.2, 0.25) is 0 Å². The average molecular weight is 217 g/mol. The van der Waals surface area contributed by atoms with E-state index in [1.807, 2.05) is 6.92 Å². The molecule has 0 bridgehead atoms. The number of hydrogen-bond acceptors (Lipinski definition) is 3. The predicted octanol–water partition coefficient (Wildman–Crippen LogP) is 0.811. The van der Waals surface area contributed by atoms with Crippen LogP contribution in [0.15, 0.2) is 0 Å². The van der Waals surface area contributed by atoms with E-state index in [2.05, 4.69) is 11.2 Å². The van der Waals surface area contributed by atoms with Gasteiger partial charge in [0.05, 0.1) is 5.25 Å². The Morgan fingerprint density at radius 1 is 1.50 bits per heavy atom. The number of sulfone groups is 1. The summed E-state index contributed by atoms with van der Waals surface area (Å²) in [5, 5.41) is 2.77. The third-order valence-electron chi connectivity index (χ3n) is 2.31. The van der Waals surface area contributed by atoms with Crippen molar-refractivity contribution >= 4 is 9.84 Å². The fourth-order valence-electron chi connectivity index (χ4n) is 1.30. The summed E-state index contributed by atoms with van der Waals surface area (Å²) in [7, 11) is -2.99. The number of rotatable bonds is 6. The standard InChI is InChI=1S/C10H19NO2S/c1-5-7-8-10(11-6-2)9(3)14(4,12)13/h1,9-11H,6-8H2,2-4H3. The summed E-state index contributed by atoms with van der Waals surface area (Å²) in [6, 6.07) is -0.0361. The van der Waals surface area contributed by atoms with E-state index >= 15 is 0 Å². The van der Waals surface area contributed by atoms with Gasteiger partial charge in [0.15, 0.2) is 9.84 Å². The molecule has 0 rings (SSSR count). The molecule has 0 saturated heterocycles. The average Bonchev–Trinajstić information content (AvgIpc) is 2.09. The van der Waals surface area contributed by atoms with E-state index in [0.717, 1.165) is 6.54 Å². The summed E-state index contributed by atoms with van der Waals surface area (Å²) in [5.74, 6) is 2.53. The van der Waals surface area contributed by atoms with Gasteiger partial charge in [0.25, 0.3) is 0 Å². The summed E-state index contributed by atoms with van der Waals surface area (Å²) < 4.78 is 22.6. The molecular weight excluding hydrogens is 198 g/mol. The van der Waals surface area contributed by atoms with Crippen LogP contribution in [0.5, 0.6) is 0 Å². The van der Waals surface area contributed by atoms with Crippen LogP contribution in [0.1, 0.15) is 26.7 Å². The Hall–Kier alpha value is -0.530. The van der Waals surface area contributed by atoms with E-state index < -0.39 is 9.84 Å². The zero-order valence-corrected chi connectivity index (χ0v) is 9.89. The predicted molar refractivity (Wildman–Crippen MR) is 59.8 cm³/mol. The van der Waals surface area contributed by atoms with E-state index in [9.17, 15) is 8.42 Å². The van der Waals surface area contributed by atoms with Crippen molar-refractivity contribution in [2.24, 2.45) is 0 Å². The molecule has 0 aliphatic carbocycles. The van der Waals surface area contributed by atoms with Crippen LogP contribution >= 0.6 is 0 Å². The molecule has 0 aliphatic heterocycles. The van der Waals surface area contributed by atoms with Gasteiger partial charge in [-0.3, -0.25) is 0 Å². The lowest BCUT2D eigenvalue weighted by atomic mass is 10.1. The maximum Gasteiger partial charge on any atom is 0.151 e. The van der Waals surface area contributed by atoms with E-state index in [-0.39, 0.29) is 11.3 Å². The van der Waals surface area contributed by atoms with E-state index in [0.29, 0.717) is 12.8 Å². The first-order valence-corrected chi connectivity index (χ1v) is 6.74. The van der Waals surface area contributed by atoms with Gasteiger partial charge in [0.1, 0.15) is 0 Å². The molecule has 2 atom stereocenters. The van der Waals surface area contributed by atoms with E-state index in [1.54, 1.807) is 6.92 Å². The summed E-state index contributed by atoms with van der Waals surface area (Å²) in [6.45, 7) is 4.44. The number of nitrogens with one attached hydrogen (secondary N) is 1. The minimum absolute atomic E-state index is 0.0361. The van der Waals surface area contributed by atoms with Crippen LogP contribution in [0, 0.1) is 12.3 Å². The molecule has 0 heterocycles. The molecule has 0 aliphatic rings. The van der Waals surface area contributed by atoms with Crippen molar-refractivity contribution in [2.45, 2.75) is 38.0 Å². The molecule has 4 heteroatoms. The fraction of sp³-hybridized carbons (Fsp3) is 0.800. The zero-order valence-electron chi connectivity index (χ0n) is 9.08. The van der Waals surface area contributed by atoms with Crippen molar-refractivity contribution in [1.82, 2.24) is 5.32 Å². The lowest BCUT2D eigenvalue weighted by Gasteiger charge is -2.22. The molecule has 14 heavy (non-hydrogen) atoms. The van der Waals surface area contributed by atoms with Gasteiger partial charge >= 0.3 is 0 Å². The second kappa shape index (κ2) is 6.05. The Balaban J connectivity index is 4.42. The van der Waals surface area contributed by atoms with Gasteiger partial charge in [-0.05, 0) is 19.9 Å². The lowest BCUT2D eigenvalue weighted by molar-refractivity contribution is 0.475. The van der Waals surface area contributed by atoms with Gasteiger partial charge in [-0.15, -0.1) is 12.3 Å². The van der Waals surface area contributed by atoms with Crippen molar-refractivity contribution in [3.05, 3.63) is 0 Å². The molecule has 2 unspecified atom stereocenters. The smallest absolute Gasteiger partial charge is 0.151 e. The molecule has 1 N–H and O–H groups in total. The Morgan fingerprint density at radius 2 is 2.07 bits per heavy atom. The topological polar surface area (TPSA) is 46.2 Å². The summed E-state index contributed by atoms with van der Waals surface area (Å²) >= 11 is 0. The molecule has 3 nitrogen and oxygen atoms in total. The quantitative estimate of drug-likeness (QED) is 0.670. The van der Waals surface area contributed by atoms with Crippen molar-refractivity contribution in [3.8, 4) is 12.3 Å². The van der Waals surface area contributed by atoms with Gasteiger partial charge in [-0.1, -0.05) is 6.92 Å². The van der Waals surface area contributed by atoms with Gasteiger partial charge in [0.2, 0.25) is 0 Å². The number of hydrogen-bond donors (Lipinski definition) is 1. The molecule has 0 radical (unpaired) electrons. The maximum atomic E-state index is 11.3. The summed E-state index contributed by atoms with van der Waals surface area (Å²) in [5.41, 5.74) is 0. The van der Waals surface area contributed by atoms with Crippen molar-refractivity contribution in [1.29, 1.82) is 0 Å². The minimum Gasteiger partial charge on any atom is -0.313 e. The summed E-state index contributed by atoms with van der Waals surface area (Å²) in [6.07, 6.45) is 7.73. The van der Waals surface area contributed by atoms with Crippen molar-refractivity contribution < 1.29 is 8.42 Å².